The molecule has 2 unspecified atom stereocenters. The van der Waals surface area contributed by atoms with Gasteiger partial charge < -0.3 is 10.1 Å². The first-order chi connectivity index (χ1) is 10.3. The first-order valence-corrected chi connectivity index (χ1v) is 7.39. The molecule has 1 fully saturated rings. The van der Waals surface area contributed by atoms with Gasteiger partial charge in [0.2, 0.25) is 0 Å². The maximum absolute atomic E-state index is 9.15. The summed E-state index contributed by atoms with van der Waals surface area (Å²) in [6, 6.07) is 12.3. The number of hydrogen-bond acceptors (Lipinski definition) is 4. The molecule has 1 saturated carbocycles. The number of benzene rings is 1. The number of rotatable bonds is 3. The Morgan fingerprint density at radius 2 is 2.19 bits per heavy atom. The van der Waals surface area contributed by atoms with Crippen molar-refractivity contribution in [3.63, 3.8) is 0 Å². The van der Waals surface area contributed by atoms with Crippen LogP contribution in [0, 0.1) is 11.3 Å². The maximum Gasteiger partial charge on any atom is 0.143 e. The van der Waals surface area contributed by atoms with Gasteiger partial charge in [-0.2, -0.15) is 5.26 Å². The molecule has 2 atom stereocenters. The molecule has 0 aliphatic heterocycles. The summed E-state index contributed by atoms with van der Waals surface area (Å²) in [6.07, 6.45) is 4.78. The summed E-state index contributed by atoms with van der Waals surface area (Å²) in [5, 5.41) is 13.8. The molecule has 1 aliphatic carbocycles. The lowest BCUT2D eigenvalue weighted by atomic mass is 9.92. The molecule has 4 nitrogen and oxygen atoms in total. The normalized spacial score (nSPS) is 21.9. The first-order valence-electron chi connectivity index (χ1n) is 7.39. The van der Waals surface area contributed by atoms with Crippen LogP contribution in [0.3, 0.4) is 0 Å². The number of hydrogen-bond donors (Lipinski definition) is 1. The van der Waals surface area contributed by atoms with Gasteiger partial charge in [0.1, 0.15) is 11.8 Å². The zero-order valence-corrected chi connectivity index (χ0v) is 12.2. The maximum atomic E-state index is 9.15. The number of ether oxygens (including phenoxy) is 1. The number of para-hydroxylation sites is 1. The van der Waals surface area contributed by atoms with Crippen molar-refractivity contribution in [2.45, 2.75) is 37.8 Å². The summed E-state index contributed by atoms with van der Waals surface area (Å²) in [5.74, 6) is 0. The Morgan fingerprint density at radius 1 is 1.33 bits per heavy atom. The number of nitriles is 1. The molecule has 0 radical (unpaired) electrons. The molecule has 0 saturated heterocycles. The van der Waals surface area contributed by atoms with Crippen LogP contribution in [0.5, 0.6) is 0 Å². The van der Waals surface area contributed by atoms with Crippen molar-refractivity contribution in [1.82, 2.24) is 4.98 Å². The van der Waals surface area contributed by atoms with Crippen molar-refractivity contribution in [2.24, 2.45) is 0 Å². The standard InChI is InChI=1S/C17H19N3O/c1-21-14-6-4-5-12(9-14)19-17-10-13(11-18)20-16-8-3-2-7-15(16)17/h2-3,7-8,10,12,14H,4-6,9H2,1H3,(H,19,20). The molecule has 1 heterocycles. The molecule has 108 valence electrons. The van der Waals surface area contributed by atoms with Crippen LogP contribution in [0.25, 0.3) is 10.9 Å². The van der Waals surface area contributed by atoms with E-state index in [0.717, 1.165) is 35.9 Å². The van der Waals surface area contributed by atoms with Crippen LogP contribution < -0.4 is 5.32 Å². The summed E-state index contributed by atoms with van der Waals surface area (Å²) in [6.45, 7) is 0. The smallest absolute Gasteiger partial charge is 0.143 e. The summed E-state index contributed by atoms with van der Waals surface area (Å²) < 4.78 is 5.49. The summed E-state index contributed by atoms with van der Waals surface area (Å²) in [4.78, 5) is 4.35. The molecule has 4 heteroatoms. The van der Waals surface area contributed by atoms with Crippen molar-refractivity contribution in [3.05, 3.63) is 36.0 Å². The van der Waals surface area contributed by atoms with Crippen molar-refractivity contribution < 1.29 is 4.74 Å². The molecule has 1 aliphatic rings. The highest BCUT2D eigenvalue weighted by Crippen LogP contribution is 2.28. The van der Waals surface area contributed by atoms with E-state index in [4.69, 9.17) is 10.00 Å². The number of methoxy groups -OCH3 is 1. The average Bonchev–Trinajstić information content (AvgIpc) is 2.55. The number of fused-ring (bicyclic) bond motifs is 1. The highest BCUT2D eigenvalue weighted by atomic mass is 16.5. The second-order valence-electron chi connectivity index (χ2n) is 5.55. The van der Waals surface area contributed by atoms with E-state index in [1.807, 2.05) is 30.3 Å². The molecule has 1 aromatic carbocycles. The van der Waals surface area contributed by atoms with Gasteiger partial charge in [-0.15, -0.1) is 0 Å². The van der Waals surface area contributed by atoms with Crippen LogP contribution in [-0.4, -0.2) is 24.2 Å². The second-order valence-corrected chi connectivity index (χ2v) is 5.55. The van der Waals surface area contributed by atoms with Crippen LogP contribution >= 0.6 is 0 Å². The van der Waals surface area contributed by atoms with Crippen molar-refractivity contribution in [1.29, 1.82) is 5.26 Å². The third kappa shape index (κ3) is 2.98. The van der Waals surface area contributed by atoms with E-state index in [9.17, 15) is 0 Å². The fraction of sp³-hybridized carbons (Fsp3) is 0.412. The topological polar surface area (TPSA) is 57.9 Å². The molecule has 1 N–H and O–H groups in total. The number of anilines is 1. The van der Waals surface area contributed by atoms with Gasteiger partial charge in [0.05, 0.1) is 11.6 Å². The van der Waals surface area contributed by atoms with Gasteiger partial charge in [0.15, 0.2) is 0 Å². The van der Waals surface area contributed by atoms with Crippen molar-refractivity contribution in [2.75, 3.05) is 12.4 Å². The van der Waals surface area contributed by atoms with E-state index < -0.39 is 0 Å². The fourth-order valence-corrected chi connectivity index (χ4v) is 3.06. The lowest BCUT2D eigenvalue weighted by Crippen LogP contribution is -2.31. The van der Waals surface area contributed by atoms with Gasteiger partial charge in [0, 0.05) is 24.2 Å². The summed E-state index contributed by atoms with van der Waals surface area (Å²) in [7, 11) is 1.78. The minimum atomic E-state index is 0.333. The lowest BCUT2D eigenvalue weighted by Gasteiger charge is -2.29. The Hall–Kier alpha value is -2.12. The molecule has 2 aromatic rings. The molecule has 1 aromatic heterocycles. The molecular formula is C17H19N3O. The third-order valence-corrected chi connectivity index (χ3v) is 4.15. The molecule has 21 heavy (non-hydrogen) atoms. The molecule has 0 spiro atoms. The second kappa shape index (κ2) is 6.11. The number of pyridine rings is 1. The van der Waals surface area contributed by atoms with Gasteiger partial charge in [-0.05, 0) is 37.8 Å². The lowest BCUT2D eigenvalue weighted by molar-refractivity contribution is 0.0669. The predicted molar refractivity (Wildman–Crippen MR) is 83.1 cm³/mol. The average molecular weight is 281 g/mol. The third-order valence-electron chi connectivity index (χ3n) is 4.15. The highest BCUT2D eigenvalue weighted by molar-refractivity contribution is 5.91. The van der Waals surface area contributed by atoms with Crippen LogP contribution in [-0.2, 0) is 4.74 Å². The van der Waals surface area contributed by atoms with Gasteiger partial charge in [-0.25, -0.2) is 4.98 Å². The fourth-order valence-electron chi connectivity index (χ4n) is 3.06. The zero-order chi connectivity index (χ0) is 14.7. The van der Waals surface area contributed by atoms with Crippen LogP contribution in [0.2, 0.25) is 0 Å². The largest absolute Gasteiger partial charge is 0.382 e. The molecule has 0 bridgehead atoms. The van der Waals surface area contributed by atoms with E-state index in [1.54, 1.807) is 7.11 Å². The van der Waals surface area contributed by atoms with Gasteiger partial charge in [0.25, 0.3) is 0 Å². The quantitative estimate of drug-likeness (QED) is 0.935. The van der Waals surface area contributed by atoms with Crippen molar-refractivity contribution in [3.8, 4) is 6.07 Å². The van der Waals surface area contributed by atoms with Crippen LogP contribution in [0.15, 0.2) is 30.3 Å². The molecular weight excluding hydrogens is 262 g/mol. The number of nitrogens with zero attached hydrogens (tertiary/aromatic N) is 2. The Bertz CT molecular complexity index is 677. The van der Waals surface area contributed by atoms with E-state index in [0.29, 0.717) is 17.8 Å². The Morgan fingerprint density at radius 3 is 3.00 bits per heavy atom. The van der Waals surface area contributed by atoms with Gasteiger partial charge in [-0.3, -0.25) is 0 Å². The minimum absolute atomic E-state index is 0.333. The Kier molecular flexibility index (Phi) is 4.03. The molecule has 0 amide bonds. The van der Waals surface area contributed by atoms with Gasteiger partial charge in [-0.1, -0.05) is 18.2 Å². The van der Waals surface area contributed by atoms with Crippen LogP contribution in [0.4, 0.5) is 5.69 Å². The Balaban J connectivity index is 1.91. The van der Waals surface area contributed by atoms with E-state index in [2.05, 4.69) is 16.4 Å². The predicted octanol–water partition coefficient (Wildman–Crippen LogP) is 3.48. The van der Waals surface area contributed by atoms with Crippen molar-refractivity contribution >= 4 is 16.6 Å². The zero-order valence-electron chi connectivity index (χ0n) is 12.2. The van der Waals surface area contributed by atoms with E-state index in [-0.39, 0.29) is 0 Å². The number of aromatic nitrogens is 1. The summed E-state index contributed by atoms with van der Waals surface area (Å²) in [5.41, 5.74) is 2.31. The summed E-state index contributed by atoms with van der Waals surface area (Å²) >= 11 is 0. The number of nitrogens with one attached hydrogen (secondary N) is 1. The van der Waals surface area contributed by atoms with E-state index in [1.165, 1.54) is 6.42 Å². The first kappa shape index (κ1) is 13.8. The van der Waals surface area contributed by atoms with Crippen LogP contribution in [0.1, 0.15) is 31.4 Å². The SMILES string of the molecule is COC1CCCC(Nc2cc(C#N)nc3ccccc23)C1. The highest BCUT2D eigenvalue weighted by Gasteiger charge is 2.22. The minimum Gasteiger partial charge on any atom is -0.382 e. The monoisotopic (exact) mass is 281 g/mol. The Labute approximate surface area is 124 Å². The van der Waals surface area contributed by atoms with Gasteiger partial charge >= 0.3 is 0 Å². The molecule has 3 rings (SSSR count). The van der Waals surface area contributed by atoms with E-state index >= 15 is 0 Å².